The van der Waals surface area contributed by atoms with Gasteiger partial charge in [-0.3, -0.25) is 4.79 Å². The van der Waals surface area contributed by atoms with Crippen LogP contribution in [0.2, 0.25) is 0 Å². The lowest BCUT2D eigenvalue weighted by molar-refractivity contribution is 0.0526. The van der Waals surface area contributed by atoms with E-state index in [-0.39, 0.29) is 11.9 Å². The fraction of sp³-hybridized carbons (Fsp3) is 0.318. The number of carbonyl (C=O) groups excluding carboxylic acids is 2. The molecule has 3 rings (SSSR count). The molecular formula is C22H24N2O5S2. The molecule has 2 aromatic carbocycles. The molecule has 0 saturated heterocycles. The van der Waals surface area contributed by atoms with Crippen LogP contribution >= 0.6 is 23.1 Å². The summed E-state index contributed by atoms with van der Waals surface area (Å²) in [6, 6.07) is 10.4. The molecule has 0 unspecified atom stereocenters. The zero-order chi connectivity index (χ0) is 22.4. The monoisotopic (exact) mass is 460 g/mol. The van der Waals surface area contributed by atoms with Crippen LogP contribution in [0.15, 0.2) is 41.4 Å². The average molecular weight is 461 g/mol. The molecule has 0 radical (unpaired) electrons. The maximum atomic E-state index is 12.9. The van der Waals surface area contributed by atoms with Crippen LogP contribution in [0.4, 0.5) is 0 Å². The number of nitrogens with zero attached hydrogens (tertiary/aromatic N) is 2. The molecule has 9 heteroatoms. The van der Waals surface area contributed by atoms with Crippen LogP contribution in [0.1, 0.15) is 27.6 Å². The second-order valence-electron chi connectivity index (χ2n) is 6.42. The number of thiazole rings is 1. The van der Waals surface area contributed by atoms with Crippen molar-refractivity contribution in [2.24, 2.45) is 4.99 Å². The minimum absolute atomic E-state index is 0.315. The van der Waals surface area contributed by atoms with E-state index in [4.69, 9.17) is 14.2 Å². The van der Waals surface area contributed by atoms with Crippen molar-refractivity contribution in [2.45, 2.75) is 13.5 Å². The minimum Gasteiger partial charge on any atom is -0.493 e. The maximum absolute atomic E-state index is 12.9. The molecule has 7 nitrogen and oxygen atoms in total. The first-order valence-corrected chi connectivity index (χ1v) is 11.8. The van der Waals surface area contributed by atoms with E-state index in [1.165, 1.54) is 18.4 Å². The Bertz CT molecular complexity index is 1170. The van der Waals surface area contributed by atoms with E-state index in [9.17, 15) is 9.59 Å². The minimum atomic E-state index is -0.379. The van der Waals surface area contributed by atoms with Crippen LogP contribution in [0.3, 0.4) is 0 Å². The maximum Gasteiger partial charge on any atom is 0.338 e. The van der Waals surface area contributed by atoms with Gasteiger partial charge in [0.25, 0.3) is 5.91 Å². The van der Waals surface area contributed by atoms with Crippen LogP contribution in [0, 0.1) is 0 Å². The van der Waals surface area contributed by atoms with Gasteiger partial charge in [0.05, 0.1) is 36.6 Å². The molecule has 0 bridgehead atoms. The van der Waals surface area contributed by atoms with Gasteiger partial charge in [-0.25, -0.2) is 4.79 Å². The van der Waals surface area contributed by atoms with E-state index in [1.54, 1.807) is 56.1 Å². The number of ether oxygens (including phenoxy) is 3. The van der Waals surface area contributed by atoms with Crippen molar-refractivity contribution in [1.29, 1.82) is 0 Å². The van der Waals surface area contributed by atoms with Crippen molar-refractivity contribution in [3.8, 4) is 11.5 Å². The lowest BCUT2D eigenvalue weighted by atomic mass is 10.2. The van der Waals surface area contributed by atoms with E-state index in [2.05, 4.69) is 4.99 Å². The molecule has 0 N–H and O–H groups in total. The number of amides is 1. The largest absolute Gasteiger partial charge is 0.493 e. The number of aryl methyl sites for hydroxylation is 1. The summed E-state index contributed by atoms with van der Waals surface area (Å²) in [5.41, 5.74) is 1.80. The Morgan fingerprint density at radius 1 is 1.06 bits per heavy atom. The van der Waals surface area contributed by atoms with E-state index in [0.717, 1.165) is 16.0 Å². The second kappa shape index (κ2) is 10.5. The standard InChI is InChI=1S/C22H24N2O5S2/c1-5-29-21(26)15-6-8-16-19(13-15)31-22(24(16)10-11-30-4)23-20(25)14-7-9-17(27-2)18(12-14)28-3/h6-9,12-13H,5,10-11H2,1-4H3. The molecule has 31 heavy (non-hydrogen) atoms. The van der Waals surface area contributed by atoms with Crippen molar-refractivity contribution in [3.63, 3.8) is 0 Å². The Morgan fingerprint density at radius 3 is 2.48 bits per heavy atom. The molecule has 0 aliphatic rings. The van der Waals surface area contributed by atoms with Gasteiger partial charge >= 0.3 is 5.97 Å². The SMILES string of the molecule is CCOC(=O)c1ccc2c(c1)sc(=NC(=O)c1ccc(OC)c(OC)c1)n2CCSC. The summed E-state index contributed by atoms with van der Waals surface area (Å²) in [6.45, 7) is 2.78. The fourth-order valence-corrected chi connectivity index (χ4v) is 4.48. The number of aromatic nitrogens is 1. The normalized spacial score (nSPS) is 11.5. The summed E-state index contributed by atoms with van der Waals surface area (Å²) in [5.74, 6) is 1.13. The summed E-state index contributed by atoms with van der Waals surface area (Å²) in [4.78, 5) is 30.0. The number of hydrogen-bond donors (Lipinski definition) is 0. The molecule has 1 heterocycles. The van der Waals surface area contributed by atoms with E-state index in [1.807, 2.05) is 16.9 Å². The highest BCUT2D eigenvalue weighted by Crippen LogP contribution is 2.28. The molecule has 0 fully saturated rings. The first-order valence-electron chi connectivity index (χ1n) is 9.62. The van der Waals surface area contributed by atoms with Crippen molar-refractivity contribution >= 4 is 45.2 Å². The number of esters is 1. The van der Waals surface area contributed by atoms with Gasteiger partial charge in [0.15, 0.2) is 16.3 Å². The quantitative estimate of drug-likeness (QED) is 0.473. The van der Waals surface area contributed by atoms with Crippen LogP contribution in [0.25, 0.3) is 10.2 Å². The van der Waals surface area contributed by atoms with Gasteiger partial charge in [-0.05, 0) is 49.6 Å². The molecule has 3 aromatic rings. The molecule has 1 amide bonds. The summed E-state index contributed by atoms with van der Waals surface area (Å²) in [5, 5.41) is 0. The van der Waals surface area contributed by atoms with Crippen molar-refractivity contribution in [1.82, 2.24) is 4.57 Å². The number of benzene rings is 2. The molecule has 0 atom stereocenters. The van der Waals surface area contributed by atoms with Gasteiger partial charge in [-0.15, -0.1) is 0 Å². The van der Waals surface area contributed by atoms with Crippen LogP contribution in [0.5, 0.6) is 11.5 Å². The predicted octanol–water partition coefficient (Wildman–Crippen LogP) is 4.00. The average Bonchev–Trinajstić information content (AvgIpc) is 3.13. The Labute approximate surface area is 188 Å². The number of thioether (sulfide) groups is 1. The first-order chi connectivity index (χ1) is 15.0. The first kappa shape index (κ1) is 22.9. The van der Waals surface area contributed by atoms with Gasteiger partial charge in [0, 0.05) is 17.9 Å². The van der Waals surface area contributed by atoms with Crippen LogP contribution in [-0.2, 0) is 11.3 Å². The van der Waals surface area contributed by atoms with E-state index < -0.39 is 0 Å². The van der Waals surface area contributed by atoms with Crippen molar-refractivity contribution in [2.75, 3.05) is 32.8 Å². The van der Waals surface area contributed by atoms with Crippen molar-refractivity contribution < 1.29 is 23.8 Å². The van der Waals surface area contributed by atoms with Gasteiger partial charge < -0.3 is 18.8 Å². The summed E-state index contributed by atoms with van der Waals surface area (Å²) in [7, 11) is 3.06. The lowest BCUT2D eigenvalue weighted by Crippen LogP contribution is -2.18. The molecule has 0 aliphatic carbocycles. The highest BCUT2D eigenvalue weighted by Gasteiger charge is 2.14. The number of fused-ring (bicyclic) bond motifs is 1. The van der Waals surface area contributed by atoms with Crippen LogP contribution < -0.4 is 14.3 Å². The molecule has 0 aliphatic heterocycles. The Kier molecular flexibility index (Phi) is 7.75. The molecule has 0 spiro atoms. The third kappa shape index (κ3) is 5.11. The number of rotatable bonds is 8. The number of hydrogen-bond acceptors (Lipinski definition) is 7. The van der Waals surface area contributed by atoms with E-state index >= 15 is 0 Å². The Balaban J connectivity index is 2.07. The molecular weight excluding hydrogens is 436 g/mol. The van der Waals surface area contributed by atoms with Gasteiger partial charge in [-0.1, -0.05) is 11.3 Å². The van der Waals surface area contributed by atoms with E-state index in [0.29, 0.717) is 40.6 Å². The predicted molar refractivity (Wildman–Crippen MR) is 124 cm³/mol. The Hall–Kier alpha value is -2.78. The molecule has 164 valence electrons. The summed E-state index contributed by atoms with van der Waals surface area (Å²) in [6.07, 6.45) is 2.03. The molecule has 0 saturated carbocycles. The topological polar surface area (TPSA) is 79.1 Å². The zero-order valence-electron chi connectivity index (χ0n) is 17.8. The highest BCUT2D eigenvalue weighted by atomic mass is 32.2. The lowest BCUT2D eigenvalue weighted by Gasteiger charge is -2.08. The fourth-order valence-electron chi connectivity index (χ4n) is 3.02. The summed E-state index contributed by atoms with van der Waals surface area (Å²) >= 11 is 3.08. The number of carbonyl (C=O) groups is 2. The molecule has 1 aromatic heterocycles. The van der Waals surface area contributed by atoms with Gasteiger partial charge in [0.2, 0.25) is 0 Å². The zero-order valence-corrected chi connectivity index (χ0v) is 19.5. The summed E-state index contributed by atoms with van der Waals surface area (Å²) < 4.78 is 18.5. The third-order valence-electron chi connectivity index (χ3n) is 4.54. The van der Waals surface area contributed by atoms with Gasteiger partial charge in [-0.2, -0.15) is 16.8 Å². The smallest absolute Gasteiger partial charge is 0.338 e. The third-order valence-corrected chi connectivity index (χ3v) is 6.17. The van der Waals surface area contributed by atoms with Gasteiger partial charge in [0.1, 0.15) is 0 Å². The van der Waals surface area contributed by atoms with Crippen LogP contribution in [-0.4, -0.2) is 49.3 Å². The van der Waals surface area contributed by atoms with Crippen molar-refractivity contribution in [3.05, 3.63) is 52.3 Å². The second-order valence-corrected chi connectivity index (χ2v) is 8.41. The highest BCUT2D eigenvalue weighted by molar-refractivity contribution is 7.98. The number of methoxy groups -OCH3 is 2. The Morgan fingerprint density at radius 2 is 1.81 bits per heavy atom.